The van der Waals surface area contributed by atoms with Crippen LogP contribution in [0, 0.1) is 18.3 Å². The minimum absolute atomic E-state index is 0.171. The van der Waals surface area contributed by atoms with Crippen molar-refractivity contribution in [3.8, 4) is 6.07 Å². The summed E-state index contributed by atoms with van der Waals surface area (Å²) in [6, 6.07) is 16.1. The SMILES string of the molecule is Cc1ccc(S(=O)(=O)N/N=C/c2ccc(N(C)CCC#N)cc2)cc1. The van der Waals surface area contributed by atoms with Crippen LogP contribution in [0.4, 0.5) is 5.69 Å². The molecule has 0 aliphatic carbocycles. The molecule has 0 spiro atoms. The summed E-state index contributed by atoms with van der Waals surface area (Å²) in [5.41, 5.74) is 2.74. The number of nitrogens with one attached hydrogen (secondary N) is 1. The second kappa shape index (κ2) is 8.31. The largest absolute Gasteiger partial charge is 0.374 e. The molecule has 0 unspecified atom stereocenters. The first kappa shape index (κ1) is 18.5. The van der Waals surface area contributed by atoms with E-state index in [1.807, 2.05) is 43.1 Å². The van der Waals surface area contributed by atoms with Crippen LogP contribution in [0.25, 0.3) is 0 Å². The van der Waals surface area contributed by atoms with Crippen LogP contribution in [-0.2, 0) is 10.0 Å². The fourth-order valence-electron chi connectivity index (χ4n) is 2.10. The monoisotopic (exact) mass is 356 g/mol. The molecule has 0 aliphatic heterocycles. The lowest BCUT2D eigenvalue weighted by atomic mass is 10.2. The summed E-state index contributed by atoms with van der Waals surface area (Å²) in [6.45, 7) is 2.55. The molecule has 0 amide bonds. The van der Waals surface area contributed by atoms with E-state index < -0.39 is 10.0 Å². The van der Waals surface area contributed by atoms with Crippen molar-refractivity contribution in [2.45, 2.75) is 18.2 Å². The molecular formula is C18H20N4O2S. The first-order valence-electron chi connectivity index (χ1n) is 7.72. The Balaban J connectivity index is 2.00. The smallest absolute Gasteiger partial charge is 0.276 e. The van der Waals surface area contributed by atoms with Gasteiger partial charge in [0.1, 0.15) is 0 Å². The Hall–Kier alpha value is -2.85. The zero-order valence-corrected chi connectivity index (χ0v) is 15.0. The fraction of sp³-hybridized carbons (Fsp3) is 0.222. The zero-order valence-electron chi connectivity index (χ0n) is 14.2. The van der Waals surface area contributed by atoms with E-state index in [-0.39, 0.29) is 4.90 Å². The highest BCUT2D eigenvalue weighted by Gasteiger charge is 2.11. The van der Waals surface area contributed by atoms with Gasteiger partial charge in [-0.1, -0.05) is 29.8 Å². The third kappa shape index (κ3) is 5.33. The topological polar surface area (TPSA) is 85.6 Å². The van der Waals surface area contributed by atoms with E-state index in [0.29, 0.717) is 13.0 Å². The van der Waals surface area contributed by atoms with Crippen LogP contribution in [0.3, 0.4) is 0 Å². The quantitative estimate of drug-likeness (QED) is 0.610. The minimum Gasteiger partial charge on any atom is -0.374 e. The molecule has 2 aromatic carbocycles. The molecule has 0 saturated carbocycles. The number of nitriles is 1. The maximum atomic E-state index is 12.1. The Morgan fingerprint density at radius 2 is 1.80 bits per heavy atom. The van der Waals surface area contributed by atoms with Crippen molar-refractivity contribution in [2.75, 3.05) is 18.5 Å². The van der Waals surface area contributed by atoms with Crippen molar-refractivity contribution < 1.29 is 8.42 Å². The number of hydrogen-bond donors (Lipinski definition) is 1. The van der Waals surface area contributed by atoms with Gasteiger partial charge in [-0.05, 0) is 36.8 Å². The first-order valence-corrected chi connectivity index (χ1v) is 9.20. The number of nitrogens with zero attached hydrogens (tertiary/aromatic N) is 3. The van der Waals surface area contributed by atoms with Gasteiger partial charge in [0.2, 0.25) is 0 Å². The maximum Gasteiger partial charge on any atom is 0.276 e. The highest BCUT2D eigenvalue weighted by Crippen LogP contribution is 2.13. The van der Waals surface area contributed by atoms with Gasteiger partial charge < -0.3 is 4.90 Å². The predicted molar refractivity (Wildman–Crippen MR) is 99.0 cm³/mol. The van der Waals surface area contributed by atoms with Crippen molar-refractivity contribution in [1.82, 2.24) is 4.83 Å². The molecule has 0 aliphatic rings. The number of benzene rings is 2. The molecule has 2 rings (SSSR count). The van der Waals surface area contributed by atoms with E-state index in [0.717, 1.165) is 16.8 Å². The second-order valence-corrected chi connectivity index (χ2v) is 7.25. The number of sulfonamides is 1. The molecule has 0 saturated heterocycles. The predicted octanol–water partition coefficient (Wildman–Crippen LogP) is 2.66. The maximum absolute atomic E-state index is 12.1. The average Bonchev–Trinajstić information content (AvgIpc) is 2.60. The molecular weight excluding hydrogens is 336 g/mol. The lowest BCUT2D eigenvalue weighted by Crippen LogP contribution is -2.18. The second-order valence-electron chi connectivity index (χ2n) is 5.59. The van der Waals surface area contributed by atoms with E-state index in [2.05, 4.69) is 16.0 Å². The Bertz CT molecular complexity index is 867. The molecule has 0 bridgehead atoms. The van der Waals surface area contributed by atoms with Gasteiger partial charge in [-0.15, -0.1) is 0 Å². The van der Waals surface area contributed by atoms with Crippen LogP contribution < -0.4 is 9.73 Å². The van der Waals surface area contributed by atoms with Crippen LogP contribution in [0.15, 0.2) is 58.5 Å². The van der Waals surface area contributed by atoms with E-state index >= 15 is 0 Å². The van der Waals surface area contributed by atoms with Crippen LogP contribution >= 0.6 is 0 Å². The van der Waals surface area contributed by atoms with Crippen molar-refractivity contribution in [1.29, 1.82) is 5.26 Å². The fourth-order valence-corrected chi connectivity index (χ4v) is 2.89. The molecule has 0 atom stereocenters. The van der Waals surface area contributed by atoms with Crippen molar-refractivity contribution in [3.63, 3.8) is 0 Å². The van der Waals surface area contributed by atoms with E-state index in [4.69, 9.17) is 5.26 Å². The Morgan fingerprint density at radius 3 is 2.40 bits per heavy atom. The van der Waals surface area contributed by atoms with Crippen LogP contribution in [-0.4, -0.2) is 28.2 Å². The van der Waals surface area contributed by atoms with Gasteiger partial charge in [0, 0.05) is 19.3 Å². The van der Waals surface area contributed by atoms with Crippen LogP contribution in [0.5, 0.6) is 0 Å². The van der Waals surface area contributed by atoms with Crippen molar-refractivity contribution in [3.05, 3.63) is 59.7 Å². The number of hydrogen-bond acceptors (Lipinski definition) is 5. The van der Waals surface area contributed by atoms with Gasteiger partial charge in [-0.2, -0.15) is 18.8 Å². The van der Waals surface area contributed by atoms with Crippen molar-refractivity contribution in [2.24, 2.45) is 5.10 Å². The molecule has 2 aromatic rings. The molecule has 0 fully saturated rings. The summed E-state index contributed by atoms with van der Waals surface area (Å²) in [6.07, 6.45) is 1.91. The summed E-state index contributed by atoms with van der Waals surface area (Å²) < 4.78 is 24.2. The normalized spacial score (nSPS) is 11.2. The number of aryl methyl sites for hydroxylation is 1. The van der Waals surface area contributed by atoms with Gasteiger partial charge in [-0.3, -0.25) is 0 Å². The Labute approximate surface area is 148 Å². The van der Waals surface area contributed by atoms with Crippen LogP contribution in [0.1, 0.15) is 17.5 Å². The summed E-state index contributed by atoms with van der Waals surface area (Å²) in [7, 11) is -1.75. The number of hydrazone groups is 1. The Kier molecular flexibility index (Phi) is 6.14. The molecule has 0 heterocycles. The third-order valence-electron chi connectivity index (χ3n) is 3.61. The molecule has 1 N–H and O–H groups in total. The highest BCUT2D eigenvalue weighted by molar-refractivity contribution is 7.89. The lowest BCUT2D eigenvalue weighted by molar-refractivity contribution is 0.584. The molecule has 25 heavy (non-hydrogen) atoms. The van der Waals surface area contributed by atoms with Gasteiger partial charge >= 0.3 is 0 Å². The molecule has 0 aromatic heterocycles. The average molecular weight is 356 g/mol. The van der Waals surface area contributed by atoms with Gasteiger partial charge in [0.25, 0.3) is 10.0 Å². The number of rotatable bonds is 7. The molecule has 7 heteroatoms. The van der Waals surface area contributed by atoms with Gasteiger partial charge in [0.05, 0.1) is 23.6 Å². The summed E-state index contributed by atoms with van der Waals surface area (Å²) >= 11 is 0. The lowest BCUT2D eigenvalue weighted by Gasteiger charge is -2.17. The van der Waals surface area contributed by atoms with Gasteiger partial charge in [-0.25, -0.2) is 4.83 Å². The van der Waals surface area contributed by atoms with E-state index in [1.165, 1.54) is 6.21 Å². The molecule has 130 valence electrons. The minimum atomic E-state index is -3.67. The first-order chi connectivity index (χ1) is 11.9. The third-order valence-corrected chi connectivity index (χ3v) is 4.85. The summed E-state index contributed by atoms with van der Waals surface area (Å²) in [5, 5.41) is 12.4. The highest BCUT2D eigenvalue weighted by atomic mass is 32.2. The number of anilines is 1. The van der Waals surface area contributed by atoms with Gasteiger partial charge in [0.15, 0.2) is 0 Å². The standard InChI is InChI=1S/C18H20N4O2S/c1-15-4-10-18(11-5-15)25(23,24)21-20-14-16-6-8-17(9-7-16)22(2)13-3-12-19/h4-11,14,21H,3,13H2,1-2H3/b20-14+. The van der Waals surface area contributed by atoms with Crippen molar-refractivity contribution >= 4 is 21.9 Å². The van der Waals surface area contributed by atoms with Crippen LogP contribution in [0.2, 0.25) is 0 Å². The molecule has 0 radical (unpaired) electrons. The summed E-state index contributed by atoms with van der Waals surface area (Å²) in [5.74, 6) is 0. The van der Waals surface area contributed by atoms with E-state index in [1.54, 1.807) is 24.3 Å². The molecule has 6 nitrogen and oxygen atoms in total. The Morgan fingerprint density at radius 1 is 1.16 bits per heavy atom. The summed E-state index contributed by atoms with van der Waals surface area (Å²) in [4.78, 5) is 4.35. The zero-order chi connectivity index (χ0) is 18.3. The van der Waals surface area contributed by atoms with E-state index in [9.17, 15) is 8.42 Å².